The quantitative estimate of drug-likeness (QED) is 0.750. The van der Waals surface area contributed by atoms with Gasteiger partial charge in [0.25, 0.3) is 0 Å². The van der Waals surface area contributed by atoms with Gasteiger partial charge in [0.15, 0.2) is 0 Å². The van der Waals surface area contributed by atoms with Crippen LogP contribution in [0.5, 0.6) is 0 Å². The first-order valence-corrected chi connectivity index (χ1v) is 9.98. The zero-order valence-corrected chi connectivity index (χ0v) is 16.9. The van der Waals surface area contributed by atoms with Crippen molar-refractivity contribution in [1.29, 1.82) is 0 Å². The Morgan fingerprint density at radius 3 is 2.41 bits per heavy atom. The first-order chi connectivity index (χ1) is 13.0. The van der Waals surface area contributed by atoms with E-state index in [2.05, 4.69) is 31.5 Å². The van der Waals surface area contributed by atoms with E-state index in [1.807, 2.05) is 61.5 Å². The molecule has 1 saturated heterocycles. The van der Waals surface area contributed by atoms with Crippen LogP contribution < -0.4 is 10.6 Å². The van der Waals surface area contributed by atoms with Crippen LogP contribution in [0.1, 0.15) is 19.8 Å². The molecule has 0 aliphatic carbocycles. The van der Waals surface area contributed by atoms with E-state index in [0.717, 1.165) is 35.2 Å². The van der Waals surface area contributed by atoms with Gasteiger partial charge in [-0.3, -0.25) is 14.5 Å². The largest absolute Gasteiger partial charge is 0.326 e. The van der Waals surface area contributed by atoms with E-state index in [9.17, 15) is 9.59 Å². The standard InChI is InChI=1S/C21H24BrN3O2/c1-15(20(26)23-19-11-9-17(22)10-12-19)25-13-5-6-16(14-25)21(27)24-18-7-3-2-4-8-18/h2-4,7-12,15-16H,5-6,13-14H2,1H3,(H,23,26)(H,24,27)/t15-,16+/m0/s1. The number of hydrogen-bond acceptors (Lipinski definition) is 3. The Bertz CT molecular complexity index is 780. The topological polar surface area (TPSA) is 61.4 Å². The molecule has 3 rings (SSSR count). The molecule has 0 unspecified atom stereocenters. The van der Waals surface area contributed by atoms with Crippen LogP contribution in [0.2, 0.25) is 0 Å². The highest BCUT2D eigenvalue weighted by molar-refractivity contribution is 9.10. The molecule has 2 N–H and O–H groups in total. The number of benzene rings is 2. The van der Waals surface area contributed by atoms with Crippen LogP contribution in [0.3, 0.4) is 0 Å². The highest BCUT2D eigenvalue weighted by Gasteiger charge is 2.30. The molecule has 27 heavy (non-hydrogen) atoms. The summed E-state index contributed by atoms with van der Waals surface area (Å²) in [7, 11) is 0. The van der Waals surface area contributed by atoms with Crippen LogP contribution >= 0.6 is 15.9 Å². The minimum absolute atomic E-state index is 0.0198. The van der Waals surface area contributed by atoms with E-state index in [1.54, 1.807) is 0 Å². The number of nitrogens with zero attached hydrogens (tertiary/aromatic N) is 1. The fraction of sp³-hybridized carbons (Fsp3) is 0.333. The molecule has 5 nitrogen and oxygen atoms in total. The molecule has 2 aromatic carbocycles. The number of hydrogen-bond donors (Lipinski definition) is 2. The third kappa shape index (κ3) is 5.40. The summed E-state index contributed by atoms with van der Waals surface area (Å²) in [5.41, 5.74) is 1.58. The van der Waals surface area contributed by atoms with Crippen LogP contribution in [0.15, 0.2) is 59.1 Å². The number of rotatable bonds is 5. The van der Waals surface area contributed by atoms with Gasteiger partial charge in [0.05, 0.1) is 12.0 Å². The van der Waals surface area contributed by atoms with Gasteiger partial charge in [-0.25, -0.2) is 0 Å². The maximum atomic E-state index is 12.6. The van der Waals surface area contributed by atoms with Gasteiger partial charge in [0.2, 0.25) is 11.8 Å². The Labute approximate surface area is 168 Å². The molecule has 1 fully saturated rings. The predicted molar refractivity (Wildman–Crippen MR) is 112 cm³/mol. The van der Waals surface area contributed by atoms with E-state index in [4.69, 9.17) is 0 Å². The smallest absolute Gasteiger partial charge is 0.241 e. The van der Waals surface area contributed by atoms with Gasteiger partial charge in [-0.05, 0) is 62.7 Å². The molecule has 0 bridgehead atoms. The number of carbonyl (C=O) groups is 2. The van der Waals surface area contributed by atoms with Gasteiger partial charge in [-0.2, -0.15) is 0 Å². The maximum Gasteiger partial charge on any atom is 0.241 e. The summed E-state index contributed by atoms with van der Waals surface area (Å²) in [6.45, 7) is 3.31. The molecular formula is C21H24BrN3O2. The molecule has 2 aromatic rings. The Morgan fingerprint density at radius 2 is 1.70 bits per heavy atom. The van der Waals surface area contributed by atoms with Crippen molar-refractivity contribution in [2.75, 3.05) is 23.7 Å². The lowest BCUT2D eigenvalue weighted by Crippen LogP contribution is -2.49. The van der Waals surface area contributed by atoms with Crippen molar-refractivity contribution < 1.29 is 9.59 Å². The van der Waals surface area contributed by atoms with Crippen LogP contribution in [-0.4, -0.2) is 35.8 Å². The van der Waals surface area contributed by atoms with Gasteiger partial charge < -0.3 is 10.6 Å². The summed E-state index contributed by atoms with van der Waals surface area (Å²) >= 11 is 3.39. The normalized spacial score (nSPS) is 18.5. The number of para-hydroxylation sites is 1. The van der Waals surface area contributed by atoms with E-state index in [1.165, 1.54) is 0 Å². The fourth-order valence-electron chi connectivity index (χ4n) is 3.28. The summed E-state index contributed by atoms with van der Waals surface area (Å²) in [6.07, 6.45) is 1.75. The van der Waals surface area contributed by atoms with Crippen molar-refractivity contribution in [3.05, 3.63) is 59.1 Å². The second kappa shape index (κ2) is 9.15. The van der Waals surface area contributed by atoms with Gasteiger partial charge in [0.1, 0.15) is 0 Å². The maximum absolute atomic E-state index is 12.6. The van der Waals surface area contributed by atoms with Crippen molar-refractivity contribution in [2.24, 2.45) is 5.92 Å². The first-order valence-electron chi connectivity index (χ1n) is 9.19. The van der Waals surface area contributed by atoms with E-state index < -0.39 is 0 Å². The Morgan fingerprint density at radius 1 is 1.04 bits per heavy atom. The molecule has 1 aliphatic rings. The van der Waals surface area contributed by atoms with Crippen molar-refractivity contribution in [1.82, 2.24) is 4.90 Å². The number of anilines is 2. The number of amides is 2. The van der Waals surface area contributed by atoms with Crippen LogP contribution in [0.25, 0.3) is 0 Å². The van der Waals surface area contributed by atoms with Gasteiger partial charge in [-0.15, -0.1) is 0 Å². The Kier molecular flexibility index (Phi) is 6.63. The summed E-state index contributed by atoms with van der Waals surface area (Å²) < 4.78 is 0.969. The number of piperidine rings is 1. The molecule has 1 heterocycles. The summed E-state index contributed by atoms with van der Waals surface area (Å²) in [4.78, 5) is 27.3. The molecule has 6 heteroatoms. The highest BCUT2D eigenvalue weighted by atomic mass is 79.9. The van der Waals surface area contributed by atoms with Crippen LogP contribution in [-0.2, 0) is 9.59 Å². The highest BCUT2D eigenvalue weighted by Crippen LogP contribution is 2.21. The second-order valence-electron chi connectivity index (χ2n) is 6.86. The number of carbonyl (C=O) groups excluding carboxylic acids is 2. The Balaban J connectivity index is 1.57. The monoisotopic (exact) mass is 429 g/mol. The summed E-state index contributed by atoms with van der Waals surface area (Å²) in [6, 6.07) is 16.7. The minimum atomic E-state index is -0.291. The molecule has 142 valence electrons. The zero-order valence-electron chi connectivity index (χ0n) is 15.3. The van der Waals surface area contributed by atoms with Crippen molar-refractivity contribution in [3.63, 3.8) is 0 Å². The third-order valence-electron chi connectivity index (χ3n) is 4.90. The average molecular weight is 430 g/mol. The lowest BCUT2D eigenvalue weighted by atomic mass is 9.95. The third-order valence-corrected chi connectivity index (χ3v) is 5.43. The van der Waals surface area contributed by atoms with Crippen molar-refractivity contribution in [3.8, 4) is 0 Å². The van der Waals surface area contributed by atoms with Crippen LogP contribution in [0.4, 0.5) is 11.4 Å². The molecule has 2 amide bonds. The van der Waals surface area contributed by atoms with E-state index in [-0.39, 0.29) is 23.8 Å². The molecular weight excluding hydrogens is 406 g/mol. The van der Waals surface area contributed by atoms with Gasteiger partial charge in [-0.1, -0.05) is 34.1 Å². The molecule has 0 radical (unpaired) electrons. The zero-order chi connectivity index (χ0) is 19.2. The van der Waals surface area contributed by atoms with E-state index in [0.29, 0.717) is 6.54 Å². The predicted octanol–water partition coefficient (Wildman–Crippen LogP) is 4.13. The lowest BCUT2D eigenvalue weighted by molar-refractivity contribution is -0.125. The molecule has 2 atom stereocenters. The SMILES string of the molecule is C[C@@H](C(=O)Nc1ccc(Br)cc1)N1CCC[C@@H](C(=O)Nc2ccccc2)C1. The average Bonchev–Trinajstić information content (AvgIpc) is 2.70. The number of halogens is 1. The molecule has 0 saturated carbocycles. The Hall–Kier alpha value is -2.18. The van der Waals surface area contributed by atoms with Crippen molar-refractivity contribution >= 4 is 39.1 Å². The summed E-state index contributed by atoms with van der Waals surface area (Å²) in [5.74, 6) is -0.144. The molecule has 1 aliphatic heterocycles. The summed E-state index contributed by atoms with van der Waals surface area (Å²) in [5, 5.41) is 5.92. The number of likely N-dealkylation sites (tertiary alicyclic amines) is 1. The molecule has 0 spiro atoms. The molecule has 0 aromatic heterocycles. The van der Waals surface area contributed by atoms with Gasteiger partial charge in [0, 0.05) is 22.4 Å². The second-order valence-corrected chi connectivity index (χ2v) is 7.78. The number of nitrogens with one attached hydrogen (secondary N) is 2. The first kappa shape index (κ1) is 19.6. The fourth-order valence-corrected chi connectivity index (χ4v) is 3.55. The van der Waals surface area contributed by atoms with Gasteiger partial charge >= 0.3 is 0 Å². The lowest BCUT2D eigenvalue weighted by Gasteiger charge is -2.35. The van der Waals surface area contributed by atoms with Crippen LogP contribution in [0, 0.1) is 5.92 Å². The van der Waals surface area contributed by atoms with E-state index >= 15 is 0 Å². The van der Waals surface area contributed by atoms with Crippen molar-refractivity contribution in [2.45, 2.75) is 25.8 Å². The minimum Gasteiger partial charge on any atom is -0.326 e.